The molecule has 0 fully saturated rings. The molecule has 0 spiro atoms. The minimum atomic E-state index is -0.401. The fourth-order valence-corrected chi connectivity index (χ4v) is 2.29. The number of aliphatic hydroxyl groups is 1. The van der Waals surface area contributed by atoms with E-state index >= 15 is 0 Å². The molecular weight excluding hydrogens is 234 g/mol. The van der Waals surface area contributed by atoms with Gasteiger partial charge < -0.3 is 10.0 Å². The maximum Gasteiger partial charge on any atom is 0.0919 e. The average Bonchev–Trinajstić information content (AvgIpc) is 2.34. The molecule has 0 radical (unpaired) electrons. The molecule has 0 aromatic heterocycles. The molecule has 0 saturated heterocycles. The van der Waals surface area contributed by atoms with Gasteiger partial charge in [-0.15, -0.1) is 0 Å². The number of hydrogen-bond acceptors (Lipinski definition) is 2. The van der Waals surface area contributed by atoms with E-state index in [1.54, 1.807) is 0 Å². The standard InChI is InChI=1S/C17H29NO/c1-7-18(8-2)12-16(19)15-11-14(17(4,5)6)10-9-13(15)3/h9-11,16,19H,7-8,12H2,1-6H3. The molecule has 1 atom stereocenters. The van der Waals surface area contributed by atoms with Crippen LogP contribution in [0.1, 0.15) is 57.4 Å². The van der Waals surface area contributed by atoms with Gasteiger partial charge in [-0.2, -0.15) is 0 Å². The highest BCUT2D eigenvalue weighted by Crippen LogP contribution is 2.27. The summed E-state index contributed by atoms with van der Waals surface area (Å²) in [7, 11) is 0. The lowest BCUT2D eigenvalue weighted by molar-refractivity contribution is 0.118. The van der Waals surface area contributed by atoms with Crippen molar-refractivity contribution in [1.29, 1.82) is 0 Å². The van der Waals surface area contributed by atoms with Gasteiger partial charge in [0.05, 0.1) is 6.10 Å². The molecule has 0 aliphatic heterocycles. The summed E-state index contributed by atoms with van der Waals surface area (Å²) < 4.78 is 0. The predicted molar refractivity (Wildman–Crippen MR) is 82.6 cm³/mol. The number of aliphatic hydroxyl groups excluding tert-OH is 1. The maximum atomic E-state index is 10.5. The van der Waals surface area contributed by atoms with Crippen molar-refractivity contribution in [2.45, 2.75) is 53.1 Å². The van der Waals surface area contributed by atoms with E-state index in [2.05, 4.69) is 64.6 Å². The van der Waals surface area contributed by atoms with Gasteiger partial charge in [-0.05, 0) is 42.1 Å². The highest BCUT2D eigenvalue weighted by Gasteiger charge is 2.18. The zero-order chi connectivity index (χ0) is 14.6. The molecule has 0 bridgehead atoms. The van der Waals surface area contributed by atoms with E-state index in [0.717, 1.165) is 18.7 Å². The van der Waals surface area contributed by atoms with Gasteiger partial charge in [0.15, 0.2) is 0 Å². The summed E-state index contributed by atoms with van der Waals surface area (Å²) in [5.41, 5.74) is 3.65. The lowest BCUT2D eigenvalue weighted by Gasteiger charge is -2.25. The Hall–Kier alpha value is -0.860. The molecule has 0 amide bonds. The molecule has 0 saturated carbocycles. The molecular formula is C17H29NO. The van der Waals surface area contributed by atoms with E-state index in [9.17, 15) is 5.11 Å². The van der Waals surface area contributed by atoms with Crippen LogP contribution in [-0.4, -0.2) is 29.6 Å². The van der Waals surface area contributed by atoms with Gasteiger partial charge >= 0.3 is 0 Å². The zero-order valence-electron chi connectivity index (χ0n) is 13.3. The minimum Gasteiger partial charge on any atom is -0.387 e. The quantitative estimate of drug-likeness (QED) is 0.876. The first-order valence-corrected chi connectivity index (χ1v) is 7.31. The number of hydrogen-bond donors (Lipinski definition) is 1. The van der Waals surface area contributed by atoms with Gasteiger partial charge in [0.1, 0.15) is 0 Å². The number of benzene rings is 1. The van der Waals surface area contributed by atoms with Gasteiger partial charge in [0.2, 0.25) is 0 Å². The Morgan fingerprint density at radius 3 is 2.21 bits per heavy atom. The third-order valence-corrected chi connectivity index (χ3v) is 3.83. The summed E-state index contributed by atoms with van der Waals surface area (Å²) in [4.78, 5) is 2.26. The topological polar surface area (TPSA) is 23.5 Å². The Balaban J connectivity index is 2.98. The summed E-state index contributed by atoms with van der Waals surface area (Å²) in [5, 5.41) is 10.5. The predicted octanol–water partition coefficient (Wildman–Crippen LogP) is 3.67. The third-order valence-electron chi connectivity index (χ3n) is 3.83. The van der Waals surface area contributed by atoms with Crippen LogP contribution in [0.5, 0.6) is 0 Å². The summed E-state index contributed by atoms with van der Waals surface area (Å²) in [5.74, 6) is 0. The Morgan fingerprint density at radius 2 is 1.74 bits per heavy atom. The van der Waals surface area contributed by atoms with Crippen LogP contribution in [-0.2, 0) is 5.41 Å². The first kappa shape index (κ1) is 16.2. The van der Waals surface area contributed by atoms with Gasteiger partial charge in [0, 0.05) is 6.54 Å². The van der Waals surface area contributed by atoms with Crippen molar-refractivity contribution >= 4 is 0 Å². The van der Waals surface area contributed by atoms with Crippen molar-refractivity contribution < 1.29 is 5.11 Å². The van der Waals surface area contributed by atoms with E-state index in [1.807, 2.05) is 0 Å². The molecule has 0 heterocycles. The molecule has 108 valence electrons. The van der Waals surface area contributed by atoms with E-state index in [4.69, 9.17) is 0 Å². The van der Waals surface area contributed by atoms with Crippen LogP contribution in [0.4, 0.5) is 0 Å². The number of rotatable bonds is 5. The van der Waals surface area contributed by atoms with E-state index in [0.29, 0.717) is 6.54 Å². The van der Waals surface area contributed by atoms with Crippen molar-refractivity contribution in [2.75, 3.05) is 19.6 Å². The normalized spacial score (nSPS) is 13.9. The molecule has 1 unspecified atom stereocenters. The molecule has 2 heteroatoms. The van der Waals surface area contributed by atoms with E-state index in [-0.39, 0.29) is 5.41 Å². The first-order valence-electron chi connectivity index (χ1n) is 7.31. The Morgan fingerprint density at radius 1 is 1.16 bits per heavy atom. The Bertz CT molecular complexity index is 402. The highest BCUT2D eigenvalue weighted by molar-refractivity contribution is 5.36. The van der Waals surface area contributed by atoms with Crippen LogP contribution in [0.3, 0.4) is 0 Å². The molecule has 1 rings (SSSR count). The zero-order valence-corrected chi connectivity index (χ0v) is 13.3. The number of aryl methyl sites for hydroxylation is 1. The van der Waals surface area contributed by atoms with E-state index in [1.165, 1.54) is 11.1 Å². The third kappa shape index (κ3) is 4.32. The second kappa shape index (κ2) is 6.53. The fourth-order valence-electron chi connectivity index (χ4n) is 2.29. The van der Waals surface area contributed by atoms with Crippen LogP contribution in [0.25, 0.3) is 0 Å². The van der Waals surface area contributed by atoms with Crippen LogP contribution in [0.15, 0.2) is 18.2 Å². The van der Waals surface area contributed by atoms with Crippen LogP contribution >= 0.6 is 0 Å². The molecule has 1 aromatic carbocycles. The monoisotopic (exact) mass is 263 g/mol. The van der Waals surface area contributed by atoms with Crippen LogP contribution < -0.4 is 0 Å². The highest BCUT2D eigenvalue weighted by atomic mass is 16.3. The second-order valence-corrected chi connectivity index (χ2v) is 6.32. The molecule has 2 nitrogen and oxygen atoms in total. The van der Waals surface area contributed by atoms with Crippen molar-refractivity contribution in [1.82, 2.24) is 4.90 Å². The molecule has 1 aromatic rings. The maximum absolute atomic E-state index is 10.5. The Kier molecular flexibility index (Phi) is 5.57. The first-order chi connectivity index (χ1) is 8.79. The average molecular weight is 263 g/mol. The van der Waals surface area contributed by atoms with Crippen LogP contribution in [0.2, 0.25) is 0 Å². The summed E-state index contributed by atoms with van der Waals surface area (Å²) >= 11 is 0. The van der Waals surface area contributed by atoms with Crippen molar-refractivity contribution in [2.24, 2.45) is 0 Å². The second-order valence-electron chi connectivity index (χ2n) is 6.32. The largest absolute Gasteiger partial charge is 0.387 e. The fraction of sp³-hybridized carbons (Fsp3) is 0.647. The smallest absolute Gasteiger partial charge is 0.0919 e. The summed E-state index contributed by atoms with van der Waals surface area (Å²) in [6.07, 6.45) is -0.401. The van der Waals surface area contributed by atoms with Crippen molar-refractivity contribution in [3.63, 3.8) is 0 Å². The van der Waals surface area contributed by atoms with Gasteiger partial charge in [-0.3, -0.25) is 0 Å². The number of nitrogens with zero attached hydrogens (tertiary/aromatic N) is 1. The number of likely N-dealkylation sites (N-methyl/N-ethyl adjacent to an activating group) is 1. The SMILES string of the molecule is CCN(CC)CC(O)c1cc(C(C)(C)C)ccc1C. The molecule has 0 aliphatic rings. The van der Waals surface area contributed by atoms with Gasteiger partial charge in [0.25, 0.3) is 0 Å². The summed E-state index contributed by atoms with van der Waals surface area (Å²) in [6, 6.07) is 6.47. The minimum absolute atomic E-state index is 0.122. The van der Waals surface area contributed by atoms with Gasteiger partial charge in [-0.25, -0.2) is 0 Å². The van der Waals surface area contributed by atoms with Gasteiger partial charge in [-0.1, -0.05) is 52.8 Å². The van der Waals surface area contributed by atoms with Crippen molar-refractivity contribution in [3.05, 3.63) is 34.9 Å². The molecule has 1 N–H and O–H groups in total. The molecule has 19 heavy (non-hydrogen) atoms. The lowest BCUT2D eigenvalue weighted by Crippen LogP contribution is -2.28. The van der Waals surface area contributed by atoms with E-state index < -0.39 is 6.10 Å². The van der Waals surface area contributed by atoms with Crippen LogP contribution in [0, 0.1) is 6.92 Å². The molecule has 0 aliphatic carbocycles. The van der Waals surface area contributed by atoms with Crippen molar-refractivity contribution in [3.8, 4) is 0 Å². The Labute approximate surface area is 118 Å². The lowest BCUT2D eigenvalue weighted by atomic mass is 9.84. The summed E-state index contributed by atoms with van der Waals surface area (Å²) in [6.45, 7) is 15.6.